The molecule has 7 heteroatoms. The van der Waals surface area contributed by atoms with Gasteiger partial charge in [-0.15, -0.1) is 0 Å². The van der Waals surface area contributed by atoms with Crippen molar-refractivity contribution in [1.29, 1.82) is 0 Å². The summed E-state index contributed by atoms with van der Waals surface area (Å²) in [5.74, 6) is 0.216. The van der Waals surface area contributed by atoms with E-state index >= 15 is 4.39 Å². The van der Waals surface area contributed by atoms with Gasteiger partial charge in [0.15, 0.2) is 25.0 Å². The first-order valence-electron chi connectivity index (χ1n) is 11.5. The van der Waals surface area contributed by atoms with Crippen LogP contribution in [0, 0.1) is 26.6 Å². The highest BCUT2D eigenvalue weighted by Crippen LogP contribution is 2.38. The lowest BCUT2D eigenvalue weighted by atomic mass is 9.86. The molecule has 0 radical (unpaired) electrons. The van der Waals surface area contributed by atoms with Crippen LogP contribution in [-0.2, 0) is 20.7 Å². The molecule has 3 rings (SSSR count). The number of ether oxygens (including phenoxy) is 4. The van der Waals surface area contributed by atoms with E-state index in [4.69, 9.17) is 19.2 Å². The Morgan fingerprint density at radius 2 is 1.79 bits per heavy atom. The van der Waals surface area contributed by atoms with Crippen LogP contribution in [0.4, 0.5) is 4.39 Å². The fourth-order valence-corrected chi connectivity index (χ4v) is 4.47. The Morgan fingerprint density at radius 1 is 1.06 bits per heavy atom. The Labute approximate surface area is 195 Å². The molecule has 2 aromatic rings. The molecule has 1 aliphatic carbocycles. The first kappa shape index (κ1) is 25.0. The molecule has 1 aromatic carbocycles. The molecule has 0 spiro atoms. The van der Waals surface area contributed by atoms with Gasteiger partial charge in [-0.05, 0) is 68.0 Å². The molecule has 1 aliphatic rings. The molecule has 0 bridgehead atoms. The largest absolute Gasteiger partial charge is 0.482 e. The lowest BCUT2D eigenvalue weighted by Gasteiger charge is -2.24. The molecule has 1 saturated carbocycles. The third-order valence-electron chi connectivity index (χ3n) is 6.46. The number of aromatic nitrogens is 1. The second-order valence-corrected chi connectivity index (χ2v) is 8.66. The van der Waals surface area contributed by atoms with E-state index in [9.17, 15) is 4.79 Å². The van der Waals surface area contributed by atoms with Gasteiger partial charge in [0.05, 0.1) is 12.8 Å². The van der Waals surface area contributed by atoms with E-state index in [1.54, 1.807) is 0 Å². The zero-order valence-corrected chi connectivity index (χ0v) is 20.3. The second-order valence-electron chi connectivity index (χ2n) is 8.66. The van der Waals surface area contributed by atoms with Crippen LogP contribution in [0.1, 0.15) is 71.7 Å². The Hall–Kier alpha value is -2.67. The Kier molecular flexibility index (Phi) is 8.67. The lowest BCUT2D eigenvalue weighted by molar-refractivity contribution is -0.142. The van der Waals surface area contributed by atoms with Crippen molar-refractivity contribution in [3.05, 3.63) is 51.6 Å². The van der Waals surface area contributed by atoms with Gasteiger partial charge < -0.3 is 18.9 Å². The summed E-state index contributed by atoms with van der Waals surface area (Å²) in [4.78, 5) is 16.4. The maximum Gasteiger partial charge on any atom is 0.343 e. The van der Waals surface area contributed by atoms with Crippen molar-refractivity contribution < 1.29 is 28.1 Å². The van der Waals surface area contributed by atoms with Crippen LogP contribution >= 0.6 is 0 Å². The van der Waals surface area contributed by atoms with Crippen molar-refractivity contribution in [3.63, 3.8) is 0 Å². The number of pyridine rings is 1. The van der Waals surface area contributed by atoms with E-state index in [-0.39, 0.29) is 25.1 Å². The number of aryl methyl sites for hydroxylation is 1. The number of carbonyl (C=O) groups is 1. The predicted molar refractivity (Wildman–Crippen MR) is 123 cm³/mol. The third kappa shape index (κ3) is 6.02. The van der Waals surface area contributed by atoms with Crippen molar-refractivity contribution in [2.45, 2.75) is 65.2 Å². The molecule has 0 atom stereocenters. The minimum absolute atomic E-state index is 0.0118. The van der Waals surface area contributed by atoms with E-state index in [1.165, 1.54) is 26.7 Å². The zero-order chi connectivity index (χ0) is 24.0. The molecule has 1 aromatic heterocycles. The van der Waals surface area contributed by atoms with Gasteiger partial charge in [-0.2, -0.15) is 0 Å². The van der Waals surface area contributed by atoms with E-state index in [0.29, 0.717) is 23.6 Å². The predicted octanol–water partition coefficient (Wildman–Crippen LogP) is 5.32. The van der Waals surface area contributed by atoms with E-state index < -0.39 is 11.8 Å². The third-order valence-corrected chi connectivity index (χ3v) is 6.46. The summed E-state index contributed by atoms with van der Waals surface area (Å²) in [7, 11) is 2.85. The molecule has 0 saturated heterocycles. The summed E-state index contributed by atoms with van der Waals surface area (Å²) in [6.45, 7) is 5.80. The number of nitrogens with zero attached hydrogens (tertiary/aromatic N) is 1. The summed E-state index contributed by atoms with van der Waals surface area (Å²) < 4.78 is 36.1. The van der Waals surface area contributed by atoms with Gasteiger partial charge in [-0.1, -0.05) is 19.3 Å². The minimum atomic E-state index is -0.431. The molecule has 0 aliphatic heterocycles. The molecule has 6 nitrogen and oxygen atoms in total. The monoisotopic (exact) mass is 459 g/mol. The smallest absolute Gasteiger partial charge is 0.343 e. The van der Waals surface area contributed by atoms with Crippen molar-refractivity contribution >= 4 is 5.97 Å². The van der Waals surface area contributed by atoms with Crippen molar-refractivity contribution in [3.8, 4) is 11.5 Å². The van der Waals surface area contributed by atoms with E-state index in [1.807, 2.05) is 26.8 Å². The van der Waals surface area contributed by atoms with Crippen LogP contribution in [0.25, 0.3) is 0 Å². The van der Waals surface area contributed by atoms with Crippen LogP contribution in [0.2, 0.25) is 0 Å². The van der Waals surface area contributed by atoms with Crippen molar-refractivity contribution in [1.82, 2.24) is 4.98 Å². The maximum absolute atomic E-state index is 15.2. The molecular formula is C26H34FNO5. The highest BCUT2D eigenvalue weighted by atomic mass is 19.1. The molecule has 0 unspecified atom stereocenters. The van der Waals surface area contributed by atoms with Crippen LogP contribution in [0.5, 0.6) is 11.5 Å². The number of methoxy groups -OCH3 is 2. The topological polar surface area (TPSA) is 66.9 Å². The number of rotatable bonds is 9. The SMILES string of the molecule is COCOc1c(F)cc(Cc2c(C)cc(OCC(=O)OC)c(C)c2C)nc1C1CCCCC1. The van der Waals surface area contributed by atoms with Crippen molar-refractivity contribution in [2.24, 2.45) is 0 Å². The minimum Gasteiger partial charge on any atom is -0.482 e. The summed E-state index contributed by atoms with van der Waals surface area (Å²) in [5.41, 5.74) is 5.42. The summed E-state index contributed by atoms with van der Waals surface area (Å²) >= 11 is 0. The highest BCUT2D eigenvalue weighted by Gasteiger charge is 2.25. The van der Waals surface area contributed by atoms with Gasteiger partial charge in [0.2, 0.25) is 0 Å². The van der Waals surface area contributed by atoms with Crippen LogP contribution in [0.15, 0.2) is 12.1 Å². The number of esters is 1. The molecule has 1 heterocycles. The van der Waals surface area contributed by atoms with Gasteiger partial charge in [-0.25, -0.2) is 9.18 Å². The average Bonchev–Trinajstić information content (AvgIpc) is 2.82. The number of halogens is 1. The normalized spacial score (nSPS) is 14.2. The van der Waals surface area contributed by atoms with Crippen LogP contribution < -0.4 is 9.47 Å². The lowest BCUT2D eigenvalue weighted by Crippen LogP contribution is -2.14. The number of carbonyl (C=O) groups excluding carboxylic acids is 1. The molecule has 0 amide bonds. The first-order chi connectivity index (χ1) is 15.8. The first-order valence-corrected chi connectivity index (χ1v) is 11.5. The Bertz CT molecular complexity index is 985. The maximum atomic E-state index is 15.2. The average molecular weight is 460 g/mol. The Morgan fingerprint density at radius 3 is 2.45 bits per heavy atom. The molecule has 0 N–H and O–H groups in total. The molecule has 33 heavy (non-hydrogen) atoms. The molecular weight excluding hydrogens is 425 g/mol. The number of hydrogen-bond donors (Lipinski definition) is 0. The fraction of sp³-hybridized carbons (Fsp3) is 0.538. The standard InChI is InChI=1S/C26H34FNO5/c1-16-11-23(32-14-24(29)31-5)18(3)17(2)21(16)12-20-13-22(27)26(33-15-30-4)25(28-20)19-9-7-6-8-10-19/h11,13,19H,6-10,12,14-15H2,1-5H3. The van der Waals surface area contributed by atoms with Gasteiger partial charge >= 0.3 is 5.97 Å². The number of benzene rings is 1. The van der Waals surface area contributed by atoms with Crippen LogP contribution in [-0.4, -0.2) is 38.6 Å². The van der Waals surface area contributed by atoms with Crippen molar-refractivity contribution in [2.75, 3.05) is 27.6 Å². The van der Waals surface area contributed by atoms with Gasteiger partial charge in [0, 0.05) is 25.1 Å². The molecule has 1 fully saturated rings. The van der Waals surface area contributed by atoms with Gasteiger partial charge in [-0.3, -0.25) is 4.98 Å². The second kappa shape index (κ2) is 11.5. The van der Waals surface area contributed by atoms with Gasteiger partial charge in [0.25, 0.3) is 0 Å². The zero-order valence-electron chi connectivity index (χ0n) is 20.3. The quantitative estimate of drug-likeness (QED) is 0.374. The number of hydrogen-bond acceptors (Lipinski definition) is 6. The fourth-order valence-electron chi connectivity index (χ4n) is 4.47. The summed E-state index contributed by atoms with van der Waals surface area (Å²) in [5, 5.41) is 0. The van der Waals surface area contributed by atoms with E-state index in [2.05, 4.69) is 4.74 Å². The molecule has 180 valence electrons. The Balaban J connectivity index is 1.93. The van der Waals surface area contributed by atoms with Crippen LogP contribution in [0.3, 0.4) is 0 Å². The van der Waals surface area contributed by atoms with E-state index in [0.717, 1.165) is 47.9 Å². The summed E-state index contributed by atoms with van der Waals surface area (Å²) in [6.07, 6.45) is 5.91. The van der Waals surface area contributed by atoms with Gasteiger partial charge in [0.1, 0.15) is 5.75 Å². The highest BCUT2D eigenvalue weighted by molar-refractivity contribution is 5.71. The summed E-state index contributed by atoms with van der Waals surface area (Å²) in [6, 6.07) is 3.38.